The Morgan fingerprint density at radius 1 is 1.11 bits per heavy atom. The molecule has 0 radical (unpaired) electrons. The Labute approximate surface area is 122 Å². The standard InChI is InChI=1S/C13H9Br2N3/c14-9-2-4-11(15)13(5-9)18-10-3-1-8(7-16)12(17)6-10/h1-6,18H,17H2. The fourth-order valence-corrected chi connectivity index (χ4v) is 2.20. The SMILES string of the molecule is N#Cc1ccc(Nc2cc(Br)ccc2Br)cc1N. The van der Waals surface area contributed by atoms with Gasteiger partial charge < -0.3 is 11.1 Å². The molecule has 3 nitrogen and oxygen atoms in total. The van der Waals surface area contributed by atoms with Gasteiger partial charge in [-0.1, -0.05) is 15.9 Å². The van der Waals surface area contributed by atoms with Gasteiger partial charge in [0.1, 0.15) is 6.07 Å². The summed E-state index contributed by atoms with van der Waals surface area (Å²) >= 11 is 6.89. The summed E-state index contributed by atoms with van der Waals surface area (Å²) in [5.74, 6) is 0. The molecule has 0 fully saturated rings. The predicted octanol–water partition coefficient (Wildman–Crippen LogP) is 4.41. The minimum Gasteiger partial charge on any atom is -0.398 e. The minimum absolute atomic E-state index is 0.466. The molecule has 90 valence electrons. The lowest BCUT2D eigenvalue weighted by Gasteiger charge is -2.10. The molecule has 0 unspecified atom stereocenters. The molecule has 3 N–H and O–H groups in total. The number of nitrogens with one attached hydrogen (secondary N) is 1. The molecule has 0 atom stereocenters. The van der Waals surface area contributed by atoms with Crippen LogP contribution < -0.4 is 11.1 Å². The van der Waals surface area contributed by atoms with Gasteiger partial charge in [-0.15, -0.1) is 0 Å². The lowest BCUT2D eigenvalue weighted by molar-refractivity contribution is 1.47. The molecule has 2 aromatic carbocycles. The molecular weight excluding hydrogens is 358 g/mol. The van der Waals surface area contributed by atoms with Gasteiger partial charge in [-0.2, -0.15) is 5.26 Å². The Hall–Kier alpha value is -1.51. The van der Waals surface area contributed by atoms with Gasteiger partial charge in [0.2, 0.25) is 0 Å². The van der Waals surface area contributed by atoms with Crippen molar-refractivity contribution in [2.75, 3.05) is 11.1 Å². The number of anilines is 3. The van der Waals surface area contributed by atoms with E-state index in [-0.39, 0.29) is 0 Å². The van der Waals surface area contributed by atoms with Crippen LogP contribution in [-0.4, -0.2) is 0 Å². The first-order valence-electron chi connectivity index (χ1n) is 5.12. The second-order valence-corrected chi connectivity index (χ2v) is 5.43. The lowest BCUT2D eigenvalue weighted by Crippen LogP contribution is -1.95. The average Bonchev–Trinajstić information content (AvgIpc) is 2.34. The molecule has 5 heteroatoms. The van der Waals surface area contributed by atoms with E-state index in [2.05, 4.69) is 37.2 Å². The molecule has 0 saturated heterocycles. The number of nitrogens with zero attached hydrogens (tertiary/aromatic N) is 1. The van der Waals surface area contributed by atoms with E-state index >= 15 is 0 Å². The summed E-state index contributed by atoms with van der Waals surface area (Å²) in [5.41, 5.74) is 8.48. The zero-order valence-corrected chi connectivity index (χ0v) is 12.4. The summed E-state index contributed by atoms with van der Waals surface area (Å²) in [6.07, 6.45) is 0. The van der Waals surface area contributed by atoms with Crippen LogP contribution in [0.4, 0.5) is 17.1 Å². The van der Waals surface area contributed by atoms with Crippen molar-refractivity contribution >= 4 is 48.9 Å². The summed E-state index contributed by atoms with van der Waals surface area (Å²) in [4.78, 5) is 0. The van der Waals surface area contributed by atoms with Crippen LogP contribution in [0.2, 0.25) is 0 Å². The van der Waals surface area contributed by atoms with Gasteiger partial charge in [0.05, 0.1) is 16.9 Å². The van der Waals surface area contributed by atoms with Crippen molar-refractivity contribution in [3.8, 4) is 6.07 Å². The fraction of sp³-hybridized carbons (Fsp3) is 0. The van der Waals surface area contributed by atoms with Crippen LogP contribution >= 0.6 is 31.9 Å². The Bertz CT molecular complexity index is 633. The van der Waals surface area contributed by atoms with Crippen LogP contribution in [0, 0.1) is 11.3 Å². The summed E-state index contributed by atoms with van der Waals surface area (Å²) in [7, 11) is 0. The van der Waals surface area contributed by atoms with Crippen molar-refractivity contribution in [3.05, 3.63) is 50.9 Å². The van der Waals surface area contributed by atoms with E-state index in [4.69, 9.17) is 11.0 Å². The van der Waals surface area contributed by atoms with E-state index in [9.17, 15) is 0 Å². The molecular formula is C13H9Br2N3. The second-order valence-electron chi connectivity index (χ2n) is 3.66. The molecule has 0 saturated carbocycles. The normalized spacial score (nSPS) is 9.83. The van der Waals surface area contributed by atoms with Gasteiger partial charge >= 0.3 is 0 Å². The molecule has 0 bridgehead atoms. The van der Waals surface area contributed by atoms with Gasteiger partial charge in [-0.25, -0.2) is 0 Å². The van der Waals surface area contributed by atoms with Crippen molar-refractivity contribution in [2.24, 2.45) is 0 Å². The van der Waals surface area contributed by atoms with Crippen LogP contribution in [0.25, 0.3) is 0 Å². The zero-order valence-electron chi connectivity index (χ0n) is 9.24. The Balaban J connectivity index is 2.32. The highest BCUT2D eigenvalue weighted by Crippen LogP contribution is 2.29. The van der Waals surface area contributed by atoms with Crippen molar-refractivity contribution in [3.63, 3.8) is 0 Å². The molecule has 0 aliphatic heterocycles. The van der Waals surface area contributed by atoms with E-state index in [1.54, 1.807) is 12.1 Å². The molecule has 0 aliphatic rings. The van der Waals surface area contributed by atoms with Crippen LogP contribution in [0.3, 0.4) is 0 Å². The van der Waals surface area contributed by atoms with Gasteiger partial charge in [-0.3, -0.25) is 0 Å². The fourth-order valence-electron chi connectivity index (χ4n) is 1.49. The zero-order chi connectivity index (χ0) is 13.1. The van der Waals surface area contributed by atoms with Crippen molar-refractivity contribution in [1.82, 2.24) is 0 Å². The number of nitrogens with two attached hydrogens (primary N) is 1. The quantitative estimate of drug-likeness (QED) is 0.774. The van der Waals surface area contributed by atoms with E-state index in [0.29, 0.717) is 11.3 Å². The number of rotatable bonds is 2. The molecule has 2 aromatic rings. The van der Waals surface area contributed by atoms with E-state index in [1.165, 1.54) is 0 Å². The molecule has 0 aromatic heterocycles. The Morgan fingerprint density at radius 2 is 1.89 bits per heavy atom. The highest BCUT2D eigenvalue weighted by atomic mass is 79.9. The first-order valence-corrected chi connectivity index (χ1v) is 6.70. The topological polar surface area (TPSA) is 61.8 Å². The van der Waals surface area contributed by atoms with Crippen LogP contribution in [0.15, 0.2) is 45.3 Å². The first kappa shape index (κ1) is 12.9. The van der Waals surface area contributed by atoms with Crippen molar-refractivity contribution < 1.29 is 0 Å². The Kier molecular flexibility index (Phi) is 3.90. The predicted molar refractivity (Wildman–Crippen MR) is 80.7 cm³/mol. The van der Waals surface area contributed by atoms with Crippen LogP contribution in [-0.2, 0) is 0 Å². The maximum Gasteiger partial charge on any atom is 0.101 e. The molecule has 0 heterocycles. The number of hydrogen-bond acceptors (Lipinski definition) is 3. The highest BCUT2D eigenvalue weighted by Gasteiger charge is 2.03. The van der Waals surface area contributed by atoms with Gasteiger partial charge in [0.25, 0.3) is 0 Å². The monoisotopic (exact) mass is 365 g/mol. The molecule has 0 spiro atoms. The summed E-state index contributed by atoms with van der Waals surface area (Å²) in [6.45, 7) is 0. The van der Waals surface area contributed by atoms with Gasteiger partial charge in [0.15, 0.2) is 0 Å². The van der Waals surface area contributed by atoms with Crippen LogP contribution in [0.5, 0.6) is 0 Å². The molecule has 2 rings (SSSR count). The van der Waals surface area contributed by atoms with Gasteiger partial charge in [-0.05, 0) is 52.3 Å². The summed E-state index contributed by atoms with van der Waals surface area (Å²) < 4.78 is 1.93. The largest absolute Gasteiger partial charge is 0.398 e. The smallest absolute Gasteiger partial charge is 0.101 e. The third kappa shape index (κ3) is 2.84. The third-order valence-corrected chi connectivity index (χ3v) is 3.56. The molecule has 18 heavy (non-hydrogen) atoms. The maximum absolute atomic E-state index is 8.82. The van der Waals surface area contributed by atoms with E-state index in [1.807, 2.05) is 30.3 Å². The maximum atomic E-state index is 8.82. The van der Waals surface area contributed by atoms with E-state index in [0.717, 1.165) is 20.3 Å². The number of hydrogen-bond donors (Lipinski definition) is 2. The minimum atomic E-state index is 0.466. The van der Waals surface area contributed by atoms with E-state index < -0.39 is 0 Å². The number of nitriles is 1. The summed E-state index contributed by atoms with van der Waals surface area (Å²) in [5, 5.41) is 12.1. The highest BCUT2D eigenvalue weighted by molar-refractivity contribution is 9.11. The van der Waals surface area contributed by atoms with Crippen molar-refractivity contribution in [1.29, 1.82) is 5.26 Å². The Morgan fingerprint density at radius 3 is 2.56 bits per heavy atom. The van der Waals surface area contributed by atoms with Crippen LogP contribution in [0.1, 0.15) is 5.56 Å². The number of nitrogen functional groups attached to an aromatic ring is 1. The average molecular weight is 367 g/mol. The third-order valence-electron chi connectivity index (χ3n) is 2.38. The van der Waals surface area contributed by atoms with Gasteiger partial charge in [0, 0.05) is 14.6 Å². The second kappa shape index (κ2) is 5.42. The number of halogens is 2. The summed E-state index contributed by atoms with van der Waals surface area (Å²) in [6, 6.07) is 13.1. The molecule has 0 amide bonds. The van der Waals surface area contributed by atoms with Crippen molar-refractivity contribution in [2.45, 2.75) is 0 Å². The first-order chi connectivity index (χ1) is 8.60. The number of benzene rings is 2. The molecule has 0 aliphatic carbocycles. The lowest BCUT2D eigenvalue weighted by atomic mass is 10.2.